The fourth-order valence-corrected chi connectivity index (χ4v) is 4.45. The normalized spacial score (nSPS) is 15.8. The van der Waals surface area contributed by atoms with Crippen molar-refractivity contribution in [3.05, 3.63) is 75.7 Å². The summed E-state index contributed by atoms with van der Waals surface area (Å²) in [6, 6.07) is 17.4. The Balaban J connectivity index is 1.60. The molecule has 1 N–H and O–H groups in total. The Hall–Kier alpha value is -3.12. The number of aromatic nitrogens is 2. The summed E-state index contributed by atoms with van der Waals surface area (Å²) in [5.74, 6) is 1.85. The zero-order valence-corrected chi connectivity index (χ0v) is 15.4. The minimum absolute atomic E-state index is 0.152. The van der Waals surface area contributed by atoms with E-state index in [1.54, 1.807) is 0 Å². The van der Waals surface area contributed by atoms with Crippen LogP contribution >= 0.6 is 11.3 Å². The third-order valence-electron chi connectivity index (χ3n) is 4.63. The molecule has 3 heterocycles. The van der Waals surface area contributed by atoms with Gasteiger partial charge in [0, 0.05) is 10.4 Å². The second kappa shape index (κ2) is 6.25. The van der Waals surface area contributed by atoms with E-state index in [0.29, 0.717) is 34.1 Å². The Morgan fingerprint density at radius 1 is 1.07 bits per heavy atom. The molecule has 6 heteroatoms. The van der Waals surface area contributed by atoms with Gasteiger partial charge in [-0.25, -0.2) is 4.98 Å². The van der Waals surface area contributed by atoms with E-state index in [-0.39, 0.29) is 5.56 Å². The summed E-state index contributed by atoms with van der Waals surface area (Å²) in [7, 11) is 0. The summed E-state index contributed by atoms with van der Waals surface area (Å²) in [4.78, 5) is 22.3. The van der Waals surface area contributed by atoms with Crippen molar-refractivity contribution in [3.63, 3.8) is 0 Å². The quantitative estimate of drug-likeness (QED) is 0.560. The number of benzene rings is 2. The monoisotopic (exact) mass is 376 g/mol. The molecule has 0 radical (unpaired) electrons. The lowest BCUT2D eigenvalue weighted by molar-refractivity contribution is 0.0852. The lowest BCUT2D eigenvalue weighted by Gasteiger charge is -2.25. The highest BCUT2D eigenvalue weighted by atomic mass is 32.1. The van der Waals surface area contributed by atoms with Gasteiger partial charge in [0.05, 0.1) is 5.39 Å². The second-order valence-corrected chi connectivity index (χ2v) is 7.60. The first-order valence-corrected chi connectivity index (χ1v) is 9.49. The summed E-state index contributed by atoms with van der Waals surface area (Å²) in [5.41, 5.74) is 1.81. The van der Waals surface area contributed by atoms with E-state index in [4.69, 9.17) is 14.5 Å². The molecule has 0 bridgehead atoms. The Kier molecular flexibility index (Phi) is 3.72. The van der Waals surface area contributed by atoms with E-state index >= 15 is 0 Å². The number of nitrogens with zero attached hydrogens (tertiary/aromatic N) is 1. The van der Waals surface area contributed by atoms with Gasteiger partial charge in [-0.3, -0.25) is 4.79 Å². The van der Waals surface area contributed by atoms with E-state index in [0.717, 1.165) is 16.0 Å². The number of hydrogen-bond donors (Lipinski definition) is 1. The maximum absolute atomic E-state index is 12.9. The van der Waals surface area contributed by atoms with Crippen LogP contribution in [-0.2, 0) is 0 Å². The maximum Gasteiger partial charge on any atom is 0.260 e. The van der Waals surface area contributed by atoms with Gasteiger partial charge in [-0.1, -0.05) is 42.5 Å². The van der Waals surface area contributed by atoms with E-state index in [1.165, 1.54) is 11.3 Å². The minimum Gasteiger partial charge on any atom is -0.485 e. The number of fused-ring (bicyclic) bond motifs is 2. The van der Waals surface area contributed by atoms with E-state index in [1.807, 2.05) is 61.5 Å². The Morgan fingerprint density at radius 2 is 1.81 bits per heavy atom. The van der Waals surface area contributed by atoms with Gasteiger partial charge in [-0.05, 0) is 24.6 Å². The fraction of sp³-hybridized carbons (Fsp3) is 0.143. The summed E-state index contributed by atoms with van der Waals surface area (Å²) < 4.78 is 11.7. The third-order valence-corrected chi connectivity index (χ3v) is 5.63. The van der Waals surface area contributed by atoms with Gasteiger partial charge in [0.2, 0.25) is 0 Å². The van der Waals surface area contributed by atoms with Crippen molar-refractivity contribution in [1.29, 1.82) is 0 Å². The molecule has 0 amide bonds. The van der Waals surface area contributed by atoms with Crippen LogP contribution in [0.5, 0.6) is 11.5 Å². The lowest BCUT2D eigenvalue weighted by Crippen LogP contribution is -2.25. The van der Waals surface area contributed by atoms with Crippen LogP contribution in [0, 0.1) is 6.92 Å². The molecule has 0 unspecified atom stereocenters. The standard InChI is InChI=1S/C21H16N2O3S/c1-12-17(13-7-3-2-4-8-13)18-20(24)22-19(23-21(18)27-12)16-11-25-14-9-5-6-10-15(14)26-16/h2-10,16H,11H2,1H3,(H,22,23,24)/t16-/m0/s1. The lowest BCUT2D eigenvalue weighted by atomic mass is 10.0. The van der Waals surface area contributed by atoms with E-state index in [2.05, 4.69) is 4.98 Å². The molecule has 27 heavy (non-hydrogen) atoms. The smallest absolute Gasteiger partial charge is 0.260 e. The highest BCUT2D eigenvalue weighted by molar-refractivity contribution is 7.19. The van der Waals surface area contributed by atoms with Crippen LogP contribution in [0.1, 0.15) is 16.8 Å². The van der Waals surface area contributed by atoms with Crippen molar-refractivity contribution in [1.82, 2.24) is 9.97 Å². The molecule has 5 nitrogen and oxygen atoms in total. The van der Waals surface area contributed by atoms with Crippen molar-refractivity contribution in [2.75, 3.05) is 6.61 Å². The van der Waals surface area contributed by atoms with Crippen molar-refractivity contribution in [2.24, 2.45) is 0 Å². The number of H-pyrrole nitrogens is 1. The largest absolute Gasteiger partial charge is 0.485 e. The second-order valence-electron chi connectivity index (χ2n) is 6.39. The van der Waals surface area contributed by atoms with Crippen LogP contribution in [0.25, 0.3) is 21.3 Å². The number of para-hydroxylation sites is 2. The zero-order valence-electron chi connectivity index (χ0n) is 14.6. The van der Waals surface area contributed by atoms with Gasteiger partial charge in [0.15, 0.2) is 23.4 Å². The predicted molar refractivity (Wildman–Crippen MR) is 106 cm³/mol. The molecule has 4 aromatic rings. The Morgan fingerprint density at radius 3 is 2.63 bits per heavy atom. The van der Waals surface area contributed by atoms with E-state index < -0.39 is 6.10 Å². The summed E-state index contributed by atoms with van der Waals surface area (Å²) in [6.45, 7) is 2.33. The average Bonchev–Trinajstić information content (AvgIpc) is 3.04. The van der Waals surface area contributed by atoms with Crippen molar-refractivity contribution in [2.45, 2.75) is 13.0 Å². The fourth-order valence-electron chi connectivity index (χ4n) is 3.39. The van der Waals surface area contributed by atoms with Crippen LogP contribution < -0.4 is 15.0 Å². The number of aryl methyl sites for hydroxylation is 1. The summed E-state index contributed by atoms with van der Waals surface area (Å²) >= 11 is 1.52. The molecule has 134 valence electrons. The molecule has 0 saturated heterocycles. The van der Waals surface area contributed by atoms with Gasteiger partial charge in [-0.15, -0.1) is 11.3 Å². The highest BCUT2D eigenvalue weighted by Gasteiger charge is 2.26. The molecular weight excluding hydrogens is 360 g/mol. The first-order valence-electron chi connectivity index (χ1n) is 8.68. The predicted octanol–water partition coefficient (Wildman–Crippen LogP) is 4.47. The summed E-state index contributed by atoms with van der Waals surface area (Å²) in [5, 5.41) is 0.629. The SMILES string of the molecule is Cc1sc2nc([C@@H]3COc4ccccc4O3)[nH]c(=O)c2c1-c1ccccc1. The van der Waals surface area contributed by atoms with Crippen LogP contribution in [0.3, 0.4) is 0 Å². The molecule has 2 aromatic heterocycles. The first-order chi connectivity index (χ1) is 13.2. The summed E-state index contributed by atoms with van der Waals surface area (Å²) in [6.07, 6.45) is -0.445. The molecule has 2 aromatic carbocycles. The molecule has 1 aliphatic rings. The molecule has 1 atom stereocenters. The molecule has 0 spiro atoms. The number of thiophene rings is 1. The molecule has 0 aliphatic carbocycles. The van der Waals surface area contributed by atoms with Gasteiger partial charge >= 0.3 is 0 Å². The topological polar surface area (TPSA) is 64.2 Å². The van der Waals surface area contributed by atoms with Gasteiger partial charge in [-0.2, -0.15) is 0 Å². The third kappa shape index (κ3) is 2.69. The number of hydrogen-bond acceptors (Lipinski definition) is 5. The van der Waals surface area contributed by atoms with Crippen molar-refractivity contribution >= 4 is 21.6 Å². The van der Waals surface area contributed by atoms with Crippen molar-refractivity contribution in [3.8, 4) is 22.6 Å². The first kappa shape index (κ1) is 16.1. The van der Waals surface area contributed by atoms with Gasteiger partial charge < -0.3 is 14.5 Å². The molecule has 0 fully saturated rings. The van der Waals surface area contributed by atoms with Crippen LogP contribution in [0.2, 0.25) is 0 Å². The Labute approximate surface area is 159 Å². The van der Waals surface area contributed by atoms with Crippen LogP contribution in [0.4, 0.5) is 0 Å². The Bertz CT molecular complexity index is 1200. The molecule has 5 rings (SSSR count). The number of nitrogens with one attached hydrogen (secondary N) is 1. The molecular formula is C21H16N2O3S. The molecule has 0 saturated carbocycles. The number of rotatable bonds is 2. The highest BCUT2D eigenvalue weighted by Crippen LogP contribution is 2.37. The molecule has 1 aliphatic heterocycles. The number of aromatic amines is 1. The van der Waals surface area contributed by atoms with Crippen LogP contribution in [0.15, 0.2) is 59.4 Å². The van der Waals surface area contributed by atoms with Gasteiger partial charge in [0.1, 0.15) is 11.4 Å². The van der Waals surface area contributed by atoms with Gasteiger partial charge in [0.25, 0.3) is 5.56 Å². The van der Waals surface area contributed by atoms with Crippen LogP contribution in [-0.4, -0.2) is 16.6 Å². The average molecular weight is 376 g/mol. The maximum atomic E-state index is 12.9. The zero-order chi connectivity index (χ0) is 18.4. The van der Waals surface area contributed by atoms with E-state index in [9.17, 15) is 4.79 Å². The van der Waals surface area contributed by atoms with Crippen molar-refractivity contribution < 1.29 is 9.47 Å². The number of ether oxygens (including phenoxy) is 2. The minimum atomic E-state index is -0.445.